The first-order valence-electron chi connectivity index (χ1n) is 11.2. The molecule has 0 spiro atoms. The molecule has 3 aliphatic carbocycles. The lowest BCUT2D eigenvalue weighted by atomic mass is 9.64. The molecular formula is C23H42. The largest absolute Gasteiger partial charge is 0.0654 e. The second kappa shape index (κ2) is 8.39. The highest BCUT2D eigenvalue weighted by atomic mass is 14.5. The molecule has 0 saturated heterocycles. The van der Waals surface area contributed by atoms with Crippen molar-refractivity contribution < 1.29 is 0 Å². The van der Waals surface area contributed by atoms with Gasteiger partial charge in [-0.05, 0) is 73.5 Å². The Balaban J connectivity index is 1.51. The molecule has 3 fully saturated rings. The van der Waals surface area contributed by atoms with Crippen molar-refractivity contribution >= 4 is 0 Å². The Bertz CT molecular complexity index is 340. The van der Waals surface area contributed by atoms with Crippen LogP contribution >= 0.6 is 0 Å². The van der Waals surface area contributed by atoms with Crippen LogP contribution in [-0.2, 0) is 0 Å². The van der Waals surface area contributed by atoms with E-state index in [0.29, 0.717) is 0 Å². The Hall–Kier alpha value is 0. The smallest absolute Gasteiger partial charge is 0.0355 e. The molecule has 0 N–H and O–H groups in total. The van der Waals surface area contributed by atoms with Gasteiger partial charge in [0.05, 0.1) is 0 Å². The number of hydrogen-bond acceptors (Lipinski definition) is 0. The highest BCUT2D eigenvalue weighted by Gasteiger charge is 2.43. The second-order valence-corrected chi connectivity index (χ2v) is 9.61. The topological polar surface area (TPSA) is 0 Å². The van der Waals surface area contributed by atoms with E-state index in [1.807, 2.05) is 0 Å². The molecule has 3 saturated carbocycles. The summed E-state index contributed by atoms with van der Waals surface area (Å²) in [5.74, 6) is 7.46. The van der Waals surface area contributed by atoms with E-state index < -0.39 is 0 Å². The quantitative estimate of drug-likeness (QED) is 0.476. The second-order valence-electron chi connectivity index (χ2n) is 9.61. The fourth-order valence-electron chi connectivity index (χ4n) is 6.81. The summed E-state index contributed by atoms with van der Waals surface area (Å²) in [6.07, 6.45) is 19.8. The third-order valence-corrected chi connectivity index (χ3v) is 8.38. The summed E-state index contributed by atoms with van der Waals surface area (Å²) in [7, 11) is 0. The fraction of sp³-hybridized carbons (Fsp3) is 1.00. The minimum Gasteiger partial charge on any atom is -0.0654 e. The van der Waals surface area contributed by atoms with Crippen molar-refractivity contribution in [2.75, 3.05) is 0 Å². The average molecular weight is 319 g/mol. The maximum atomic E-state index is 2.62. The molecule has 6 unspecified atom stereocenters. The van der Waals surface area contributed by atoms with Gasteiger partial charge in [0, 0.05) is 0 Å². The van der Waals surface area contributed by atoms with Gasteiger partial charge in [0.15, 0.2) is 0 Å². The van der Waals surface area contributed by atoms with Crippen molar-refractivity contribution in [2.24, 2.45) is 41.4 Å². The predicted octanol–water partition coefficient (Wildman–Crippen LogP) is 7.47. The molecule has 3 rings (SSSR count). The van der Waals surface area contributed by atoms with Crippen LogP contribution in [0.5, 0.6) is 0 Å². The lowest BCUT2D eigenvalue weighted by Crippen LogP contribution is -2.32. The van der Waals surface area contributed by atoms with Crippen LogP contribution in [0.25, 0.3) is 0 Å². The Kier molecular flexibility index (Phi) is 6.50. The molecule has 0 aliphatic heterocycles. The van der Waals surface area contributed by atoms with Gasteiger partial charge in [-0.3, -0.25) is 0 Å². The van der Waals surface area contributed by atoms with Crippen LogP contribution in [0.15, 0.2) is 0 Å². The molecule has 0 aromatic rings. The maximum absolute atomic E-state index is 2.62. The summed E-state index contributed by atoms with van der Waals surface area (Å²) in [4.78, 5) is 0. The van der Waals surface area contributed by atoms with Crippen LogP contribution in [0, 0.1) is 41.4 Å². The molecule has 6 atom stereocenters. The fourth-order valence-corrected chi connectivity index (χ4v) is 6.81. The lowest BCUT2D eigenvalue weighted by Gasteiger charge is -2.41. The molecular weight excluding hydrogens is 276 g/mol. The first-order chi connectivity index (χ1) is 11.2. The van der Waals surface area contributed by atoms with Gasteiger partial charge in [-0.2, -0.15) is 0 Å². The number of rotatable bonds is 6. The third-order valence-electron chi connectivity index (χ3n) is 8.38. The SMILES string of the molecule is CCCCC(C)C1CCC2CC(C(C)C3CCCCC3)CCC21. The normalized spacial score (nSPS) is 38.2. The van der Waals surface area contributed by atoms with Gasteiger partial charge in [-0.25, -0.2) is 0 Å². The Morgan fingerprint density at radius 1 is 0.826 bits per heavy atom. The number of fused-ring (bicyclic) bond motifs is 1. The standard InChI is InChI=1S/C23H42/c1-4-5-9-17(2)22-14-13-21-16-20(12-15-23(21)22)18(3)19-10-7-6-8-11-19/h17-23H,4-16H2,1-3H3. The maximum Gasteiger partial charge on any atom is -0.0355 e. The van der Waals surface area contributed by atoms with E-state index >= 15 is 0 Å². The Morgan fingerprint density at radius 2 is 1.61 bits per heavy atom. The highest BCUT2D eigenvalue weighted by molar-refractivity contribution is 4.93. The Labute approximate surface area is 146 Å². The molecule has 0 aromatic heterocycles. The molecule has 0 heterocycles. The lowest BCUT2D eigenvalue weighted by molar-refractivity contribution is 0.0881. The number of unbranched alkanes of at least 4 members (excludes halogenated alkanes) is 1. The zero-order chi connectivity index (χ0) is 16.2. The van der Waals surface area contributed by atoms with Crippen LogP contribution in [0.4, 0.5) is 0 Å². The molecule has 134 valence electrons. The summed E-state index contributed by atoms with van der Waals surface area (Å²) in [6.45, 7) is 7.54. The van der Waals surface area contributed by atoms with E-state index in [1.54, 1.807) is 44.9 Å². The van der Waals surface area contributed by atoms with Crippen LogP contribution in [0.2, 0.25) is 0 Å². The number of hydrogen-bond donors (Lipinski definition) is 0. The van der Waals surface area contributed by atoms with Gasteiger partial charge in [-0.15, -0.1) is 0 Å². The van der Waals surface area contributed by atoms with Crippen molar-refractivity contribution in [1.29, 1.82) is 0 Å². The van der Waals surface area contributed by atoms with Crippen LogP contribution in [0.3, 0.4) is 0 Å². The van der Waals surface area contributed by atoms with Crippen molar-refractivity contribution in [3.63, 3.8) is 0 Å². The third kappa shape index (κ3) is 4.16. The van der Waals surface area contributed by atoms with E-state index in [0.717, 1.165) is 41.4 Å². The van der Waals surface area contributed by atoms with Crippen LogP contribution < -0.4 is 0 Å². The summed E-state index contributed by atoms with van der Waals surface area (Å²) < 4.78 is 0. The van der Waals surface area contributed by atoms with Crippen molar-refractivity contribution in [3.05, 3.63) is 0 Å². The zero-order valence-electron chi connectivity index (χ0n) is 16.2. The van der Waals surface area contributed by atoms with Gasteiger partial charge in [-0.1, -0.05) is 72.1 Å². The van der Waals surface area contributed by atoms with E-state index in [4.69, 9.17) is 0 Å². The van der Waals surface area contributed by atoms with E-state index in [9.17, 15) is 0 Å². The van der Waals surface area contributed by atoms with Crippen molar-refractivity contribution in [2.45, 2.75) is 104 Å². The van der Waals surface area contributed by atoms with Crippen molar-refractivity contribution in [3.8, 4) is 0 Å². The van der Waals surface area contributed by atoms with Crippen molar-refractivity contribution in [1.82, 2.24) is 0 Å². The molecule has 0 bridgehead atoms. The molecule has 23 heavy (non-hydrogen) atoms. The first-order valence-corrected chi connectivity index (χ1v) is 11.2. The molecule has 0 heteroatoms. The van der Waals surface area contributed by atoms with Gasteiger partial charge in [0.1, 0.15) is 0 Å². The van der Waals surface area contributed by atoms with Crippen LogP contribution in [0.1, 0.15) is 104 Å². The predicted molar refractivity (Wildman–Crippen MR) is 101 cm³/mol. The summed E-state index contributed by atoms with van der Waals surface area (Å²) in [6, 6.07) is 0. The zero-order valence-corrected chi connectivity index (χ0v) is 16.2. The first kappa shape index (κ1) is 17.8. The molecule has 3 aliphatic rings. The highest BCUT2D eigenvalue weighted by Crippen LogP contribution is 2.53. The molecule has 0 aromatic carbocycles. The van der Waals surface area contributed by atoms with Crippen LogP contribution in [-0.4, -0.2) is 0 Å². The van der Waals surface area contributed by atoms with E-state index in [1.165, 1.54) is 38.5 Å². The summed E-state index contributed by atoms with van der Waals surface area (Å²) in [5, 5.41) is 0. The monoisotopic (exact) mass is 318 g/mol. The Morgan fingerprint density at radius 3 is 2.35 bits per heavy atom. The molecule has 0 amide bonds. The summed E-state index contributed by atoms with van der Waals surface area (Å²) >= 11 is 0. The van der Waals surface area contributed by atoms with E-state index in [2.05, 4.69) is 20.8 Å². The minimum absolute atomic E-state index is 0.997. The van der Waals surface area contributed by atoms with Gasteiger partial charge >= 0.3 is 0 Å². The molecule has 0 radical (unpaired) electrons. The minimum atomic E-state index is 0.997. The van der Waals surface area contributed by atoms with Gasteiger partial charge in [0.25, 0.3) is 0 Å². The van der Waals surface area contributed by atoms with Gasteiger partial charge < -0.3 is 0 Å². The van der Waals surface area contributed by atoms with Gasteiger partial charge in [0.2, 0.25) is 0 Å². The molecule has 0 nitrogen and oxygen atoms in total. The average Bonchev–Trinajstić information content (AvgIpc) is 3.03. The van der Waals surface area contributed by atoms with E-state index in [-0.39, 0.29) is 0 Å². The summed E-state index contributed by atoms with van der Waals surface area (Å²) in [5.41, 5.74) is 0.